The smallest absolute Gasteiger partial charge is 0.0755 e. The Labute approximate surface area is 111 Å². The molecule has 0 unspecified atom stereocenters. The van der Waals surface area contributed by atoms with Gasteiger partial charge in [0, 0.05) is 0 Å². The average Bonchev–Trinajstić information content (AvgIpc) is 2.14. The van der Waals surface area contributed by atoms with Gasteiger partial charge in [-0.05, 0) is 43.4 Å². The molecule has 0 spiro atoms. The van der Waals surface area contributed by atoms with E-state index in [1.54, 1.807) is 0 Å². The first kappa shape index (κ1) is 16.4. The van der Waals surface area contributed by atoms with E-state index >= 15 is 0 Å². The molecule has 1 rings (SSSR count). The highest BCUT2D eigenvalue weighted by Crippen LogP contribution is 2.26. The highest BCUT2D eigenvalue weighted by molar-refractivity contribution is 5.85. The summed E-state index contributed by atoms with van der Waals surface area (Å²) in [6, 6.07) is 3.95. The van der Waals surface area contributed by atoms with Crippen LogP contribution in [0.25, 0.3) is 0 Å². The minimum atomic E-state index is -0.486. The Balaban J connectivity index is 0.00000256. The first-order valence-electron chi connectivity index (χ1n) is 5.86. The van der Waals surface area contributed by atoms with E-state index in [0.29, 0.717) is 0 Å². The number of halogens is 1. The van der Waals surface area contributed by atoms with Crippen molar-refractivity contribution in [1.29, 1.82) is 0 Å². The third-order valence-corrected chi connectivity index (χ3v) is 3.12. The average molecular weight is 258 g/mol. The third-order valence-electron chi connectivity index (χ3n) is 3.12. The fraction of sp³-hybridized carbons (Fsp3) is 0.571. The first-order valence-corrected chi connectivity index (χ1v) is 5.86. The molecular formula is C14H24ClNO. The van der Waals surface area contributed by atoms with Crippen molar-refractivity contribution < 1.29 is 5.11 Å². The molecule has 0 radical (unpaired) electrons. The molecule has 0 bridgehead atoms. The topological polar surface area (TPSA) is 46.2 Å². The van der Waals surface area contributed by atoms with Crippen LogP contribution in [-0.2, 0) is 0 Å². The Kier molecular flexibility index (Phi) is 6.17. The predicted molar refractivity (Wildman–Crippen MR) is 75.7 cm³/mol. The van der Waals surface area contributed by atoms with Gasteiger partial charge in [-0.3, -0.25) is 0 Å². The summed E-state index contributed by atoms with van der Waals surface area (Å²) in [5.41, 5.74) is 10.8. The molecule has 0 saturated carbocycles. The van der Waals surface area contributed by atoms with Gasteiger partial charge in [0.25, 0.3) is 0 Å². The lowest BCUT2D eigenvalue weighted by atomic mass is 9.88. The van der Waals surface area contributed by atoms with Crippen LogP contribution in [0.5, 0.6) is 0 Å². The zero-order chi connectivity index (χ0) is 12.5. The van der Waals surface area contributed by atoms with Crippen molar-refractivity contribution in [1.82, 2.24) is 0 Å². The van der Waals surface area contributed by atoms with Gasteiger partial charge in [0.2, 0.25) is 0 Å². The van der Waals surface area contributed by atoms with Crippen LogP contribution in [0.2, 0.25) is 0 Å². The summed E-state index contributed by atoms with van der Waals surface area (Å²) in [5, 5.41) is 10.0. The van der Waals surface area contributed by atoms with Gasteiger partial charge in [-0.2, -0.15) is 0 Å². The van der Waals surface area contributed by atoms with Gasteiger partial charge in [-0.1, -0.05) is 31.5 Å². The van der Waals surface area contributed by atoms with E-state index in [2.05, 4.69) is 32.9 Å². The van der Waals surface area contributed by atoms with Crippen LogP contribution in [-0.4, -0.2) is 11.2 Å². The Hall–Kier alpha value is -0.570. The van der Waals surface area contributed by atoms with E-state index in [0.717, 1.165) is 5.56 Å². The molecule has 17 heavy (non-hydrogen) atoms. The second-order valence-corrected chi connectivity index (χ2v) is 5.07. The Bertz CT molecular complexity index is 353. The minimum absolute atomic E-state index is 0. The van der Waals surface area contributed by atoms with E-state index in [9.17, 15) is 5.11 Å². The maximum Gasteiger partial charge on any atom is 0.0755 e. The zero-order valence-corrected chi connectivity index (χ0v) is 12.1. The van der Waals surface area contributed by atoms with Gasteiger partial charge in [0.15, 0.2) is 0 Å². The molecule has 98 valence electrons. The summed E-state index contributed by atoms with van der Waals surface area (Å²) in [5.74, 6) is 0.176. The second-order valence-electron chi connectivity index (χ2n) is 5.07. The van der Waals surface area contributed by atoms with Gasteiger partial charge in [-0.25, -0.2) is 0 Å². The molecule has 0 aliphatic heterocycles. The molecule has 0 heterocycles. The molecule has 1 aromatic carbocycles. The summed E-state index contributed by atoms with van der Waals surface area (Å²) in [6.45, 7) is 10.2. The lowest BCUT2D eigenvalue weighted by molar-refractivity contribution is 0.0975. The quantitative estimate of drug-likeness (QED) is 0.874. The van der Waals surface area contributed by atoms with E-state index in [1.807, 2.05) is 13.8 Å². The van der Waals surface area contributed by atoms with E-state index < -0.39 is 6.10 Å². The predicted octanol–water partition coefficient (Wildman–Crippen LogP) is 3.05. The van der Waals surface area contributed by atoms with Crippen LogP contribution < -0.4 is 5.73 Å². The molecule has 0 amide bonds. The molecule has 2 nitrogen and oxygen atoms in total. The Morgan fingerprint density at radius 2 is 1.47 bits per heavy atom. The maximum atomic E-state index is 10.0. The molecule has 0 aliphatic rings. The number of aliphatic hydroxyl groups is 1. The van der Waals surface area contributed by atoms with Crippen molar-refractivity contribution in [3.8, 4) is 0 Å². The van der Waals surface area contributed by atoms with E-state index in [-0.39, 0.29) is 24.4 Å². The normalized spacial score (nSPS) is 14.4. The number of aryl methyl sites for hydroxylation is 3. The molecule has 0 aliphatic carbocycles. The van der Waals surface area contributed by atoms with Crippen molar-refractivity contribution in [2.75, 3.05) is 0 Å². The molecule has 3 heteroatoms. The van der Waals surface area contributed by atoms with Gasteiger partial charge >= 0.3 is 0 Å². The number of benzene rings is 1. The second kappa shape index (κ2) is 6.39. The van der Waals surface area contributed by atoms with Crippen LogP contribution in [0.3, 0.4) is 0 Å². The molecular weight excluding hydrogens is 234 g/mol. The maximum absolute atomic E-state index is 10.0. The van der Waals surface area contributed by atoms with Crippen LogP contribution in [0.15, 0.2) is 12.1 Å². The molecule has 0 aromatic heterocycles. The standard InChI is InChI=1S/C14H23NO.ClH/c1-8(2)14(16)13(15)12-10(4)6-9(3)7-11(12)5;/h6-8,13-14,16H,15H2,1-5H3;1H/t13-,14+;/m0./s1. The van der Waals surface area contributed by atoms with E-state index in [4.69, 9.17) is 5.73 Å². The van der Waals surface area contributed by atoms with Gasteiger partial charge in [0.1, 0.15) is 0 Å². The van der Waals surface area contributed by atoms with Crippen molar-refractivity contribution >= 4 is 12.4 Å². The number of hydrogen-bond donors (Lipinski definition) is 2. The summed E-state index contributed by atoms with van der Waals surface area (Å²) >= 11 is 0. The fourth-order valence-corrected chi connectivity index (χ4v) is 2.30. The lowest BCUT2D eigenvalue weighted by Gasteiger charge is -2.25. The summed E-state index contributed by atoms with van der Waals surface area (Å²) in [7, 11) is 0. The zero-order valence-electron chi connectivity index (χ0n) is 11.3. The summed E-state index contributed by atoms with van der Waals surface area (Å²) in [4.78, 5) is 0. The van der Waals surface area contributed by atoms with Crippen LogP contribution in [0, 0.1) is 26.7 Å². The van der Waals surface area contributed by atoms with Crippen molar-refractivity contribution in [3.63, 3.8) is 0 Å². The minimum Gasteiger partial charge on any atom is -0.391 e. The third kappa shape index (κ3) is 3.70. The molecule has 0 fully saturated rings. The van der Waals surface area contributed by atoms with Gasteiger partial charge in [0.05, 0.1) is 12.1 Å². The summed E-state index contributed by atoms with van der Waals surface area (Å²) < 4.78 is 0. The molecule has 3 N–H and O–H groups in total. The molecule has 2 atom stereocenters. The first-order chi connectivity index (χ1) is 7.34. The monoisotopic (exact) mass is 257 g/mol. The van der Waals surface area contributed by atoms with Crippen molar-refractivity contribution in [2.45, 2.75) is 46.8 Å². The lowest BCUT2D eigenvalue weighted by Crippen LogP contribution is -2.31. The van der Waals surface area contributed by atoms with E-state index in [1.165, 1.54) is 16.7 Å². The Morgan fingerprint density at radius 1 is 1.06 bits per heavy atom. The van der Waals surface area contributed by atoms with Gasteiger partial charge < -0.3 is 10.8 Å². The number of nitrogens with two attached hydrogens (primary N) is 1. The molecule has 0 saturated heterocycles. The number of hydrogen-bond acceptors (Lipinski definition) is 2. The van der Waals surface area contributed by atoms with Crippen LogP contribution in [0.1, 0.15) is 42.1 Å². The highest BCUT2D eigenvalue weighted by atomic mass is 35.5. The van der Waals surface area contributed by atoms with Crippen LogP contribution in [0.4, 0.5) is 0 Å². The van der Waals surface area contributed by atoms with Crippen LogP contribution >= 0.6 is 12.4 Å². The largest absolute Gasteiger partial charge is 0.391 e. The fourth-order valence-electron chi connectivity index (χ4n) is 2.30. The number of aliphatic hydroxyl groups excluding tert-OH is 1. The van der Waals surface area contributed by atoms with Crippen molar-refractivity contribution in [2.24, 2.45) is 11.7 Å². The van der Waals surface area contributed by atoms with Crippen molar-refractivity contribution in [3.05, 3.63) is 34.4 Å². The molecule has 1 aromatic rings. The Morgan fingerprint density at radius 3 is 1.82 bits per heavy atom. The highest BCUT2D eigenvalue weighted by Gasteiger charge is 2.22. The van der Waals surface area contributed by atoms with Gasteiger partial charge in [-0.15, -0.1) is 12.4 Å². The summed E-state index contributed by atoms with van der Waals surface area (Å²) in [6.07, 6.45) is -0.486. The SMILES string of the molecule is Cc1cc(C)c([C@H](N)[C@H](O)C(C)C)c(C)c1.Cl. The number of rotatable bonds is 3.